The molecule has 0 saturated heterocycles. The van der Waals surface area contributed by atoms with Gasteiger partial charge in [0.2, 0.25) is 5.13 Å². The molecule has 0 amide bonds. The van der Waals surface area contributed by atoms with Crippen molar-refractivity contribution in [2.45, 2.75) is 64.8 Å². The van der Waals surface area contributed by atoms with E-state index >= 15 is 0 Å². The number of aromatic nitrogens is 2. The molecule has 0 spiro atoms. The quantitative estimate of drug-likeness (QED) is 0.907. The number of aryl methyl sites for hydroxylation is 1. The van der Waals surface area contributed by atoms with Crippen molar-refractivity contribution >= 4 is 16.5 Å². The van der Waals surface area contributed by atoms with E-state index in [0.717, 1.165) is 34.3 Å². The monoisotopic (exact) mass is 291 g/mol. The van der Waals surface area contributed by atoms with Crippen LogP contribution in [-0.4, -0.2) is 16.2 Å². The zero-order valence-corrected chi connectivity index (χ0v) is 13.4. The van der Waals surface area contributed by atoms with Crippen molar-refractivity contribution in [3.63, 3.8) is 0 Å². The molecule has 4 fully saturated rings. The van der Waals surface area contributed by atoms with Gasteiger partial charge in [-0.15, -0.1) is 10.2 Å². The smallest absolute Gasteiger partial charge is 0.205 e. The Labute approximate surface area is 125 Å². The van der Waals surface area contributed by atoms with Crippen molar-refractivity contribution in [1.29, 1.82) is 0 Å². The second kappa shape index (κ2) is 4.69. The highest BCUT2D eigenvalue weighted by Gasteiger charge is 2.53. The maximum atomic E-state index is 4.31. The van der Waals surface area contributed by atoms with Crippen molar-refractivity contribution in [1.82, 2.24) is 10.2 Å². The first kappa shape index (κ1) is 13.1. The first-order valence-corrected chi connectivity index (χ1v) is 9.07. The van der Waals surface area contributed by atoms with Crippen LogP contribution >= 0.6 is 11.3 Å². The summed E-state index contributed by atoms with van der Waals surface area (Å²) in [6.07, 6.45) is 9.90. The lowest BCUT2D eigenvalue weighted by atomic mass is 9.48. The highest BCUT2D eigenvalue weighted by atomic mass is 32.1. The molecule has 1 atom stereocenters. The third-order valence-corrected chi connectivity index (χ3v) is 7.11. The summed E-state index contributed by atoms with van der Waals surface area (Å²) >= 11 is 1.73. The van der Waals surface area contributed by atoms with Crippen LogP contribution in [0.4, 0.5) is 5.13 Å². The van der Waals surface area contributed by atoms with Crippen LogP contribution in [0.2, 0.25) is 0 Å². The lowest BCUT2D eigenvalue weighted by Crippen LogP contribution is -2.52. The number of hydrogen-bond donors (Lipinski definition) is 1. The van der Waals surface area contributed by atoms with Crippen LogP contribution in [0.1, 0.15) is 57.4 Å². The maximum absolute atomic E-state index is 4.31. The molecule has 4 heteroatoms. The average Bonchev–Trinajstić information content (AvgIpc) is 2.85. The number of anilines is 1. The van der Waals surface area contributed by atoms with Gasteiger partial charge in [0.15, 0.2) is 0 Å². The van der Waals surface area contributed by atoms with Crippen LogP contribution in [0.3, 0.4) is 0 Å². The molecule has 20 heavy (non-hydrogen) atoms. The minimum Gasteiger partial charge on any atom is -0.357 e. The van der Waals surface area contributed by atoms with E-state index in [2.05, 4.69) is 29.4 Å². The molecule has 4 saturated carbocycles. The Morgan fingerprint density at radius 1 is 1.15 bits per heavy atom. The standard InChI is InChI=1S/C16H25N3S/c1-3-14-18-19-15(20-14)17-10(2)16-7-11-4-12(8-16)6-13(5-11)9-16/h10-13H,3-9H2,1-2H3,(H,17,19). The molecule has 1 unspecified atom stereocenters. The van der Waals surface area contributed by atoms with E-state index in [1.165, 1.54) is 38.5 Å². The summed E-state index contributed by atoms with van der Waals surface area (Å²) in [5.41, 5.74) is 0.548. The van der Waals surface area contributed by atoms with Gasteiger partial charge in [-0.2, -0.15) is 0 Å². The fraction of sp³-hybridized carbons (Fsp3) is 0.875. The Morgan fingerprint density at radius 3 is 2.25 bits per heavy atom. The van der Waals surface area contributed by atoms with Crippen molar-refractivity contribution in [3.05, 3.63) is 5.01 Å². The van der Waals surface area contributed by atoms with Gasteiger partial charge in [-0.3, -0.25) is 0 Å². The molecular weight excluding hydrogens is 266 g/mol. The van der Waals surface area contributed by atoms with E-state index in [1.54, 1.807) is 11.3 Å². The minimum absolute atomic E-state index is 0.548. The first-order chi connectivity index (χ1) is 9.67. The van der Waals surface area contributed by atoms with Gasteiger partial charge in [0.1, 0.15) is 5.01 Å². The Hall–Kier alpha value is -0.640. The topological polar surface area (TPSA) is 37.8 Å². The highest BCUT2D eigenvalue weighted by Crippen LogP contribution is 2.61. The predicted octanol–water partition coefficient (Wildman–Crippen LogP) is 4.12. The van der Waals surface area contributed by atoms with Gasteiger partial charge in [-0.25, -0.2) is 0 Å². The van der Waals surface area contributed by atoms with Gasteiger partial charge >= 0.3 is 0 Å². The molecule has 1 heterocycles. The van der Waals surface area contributed by atoms with Crippen molar-refractivity contribution in [2.24, 2.45) is 23.2 Å². The fourth-order valence-corrected chi connectivity index (χ4v) is 6.27. The van der Waals surface area contributed by atoms with Crippen LogP contribution in [0.5, 0.6) is 0 Å². The average molecular weight is 291 g/mol. The highest BCUT2D eigenvalue weighted by molar-refractivity contribution is 7.15. The third kappa shape index (κ3) is 2.07. The third-order valence-electron chi connectivity index (χ3n) is 6.11. The summed E-state index contributed by atoms with van der Waals surface area (Å²) in [5.74, 6) is 3.06. The number of hydrogen-bond acceptors (Lipinski definition) is 4. The predicted molar refractivity (Wildman–Crippen MR) is 83.0 cm³/mol. The Morgan fingerprint density at radius 2 is 1.75 bits per heavy atom. The van der Waals surface area contributed by atoms with Gasteiger partial charge in [-0.1, -0.05) is 18.3 Å². The van der Waals surface area contributed by atoms with Crippen LogP contribution in [-0.2, 0) is 6.42 Å². The fourth-order valence-electron chi connectivity index (χ4n) is 5.50. The van der Waals surface area contributed by atoms with Crippen LogP contribution in [0.15, 0.2) is 0 Å². The summed E-state index contributed by atoms with van der Waals surface area (Å²) in [6.45, 7) is 4.53. The van der Waals surface area contributed by atoms with Crippen LogP contribution in [0, 0.1) is 23.2 Å². The molecule has 5 rings (SSSR count). The van der Waals surface area contributed by atoms with Crippen LogP contribution < -0.4 is 5.32 Å². The molecule has 4 aliphatic carbocycles. The Bertz CT molecular complexity index is 460. The molecule has 0 aromatic carbocycles. The summed E-state index contributed by atoms with van der Waals surface area (Å²) in [4.78, 5) is 0. The number of nitrogens with zero attached hydrogens (tertiary/aromatic N) is 2. The molecule has 3 nitrogen and oxygen atoms in total. The molecule has 1 aromatic rings. The normalized spacial score (nSPS) is 40.0. The summed E-state index contributed by atoms with van der Waals surface area (Å²) in [6, 6.07) is 0.550. The summed E-state index contributed by atoms with van der Waals surface area (Å²) in [7, 11) is 0. The SMILES string of the molecule is CCc1nnc(NC(C)C23CC4CC(CC(C4)C2)C3)s1. The second-order valence-electron chi connectivity index (χ2n) is 7.50. The molecular formula is C16H25N3S. The lowest BCUT2D eigenvalue weighted by molar-refractivity contribution is -0.0602. The van der Waals surface area contributed by atoms with E-state index in [1.807, 2.05) is 0 Å². The molecule has 1 aromatic heterocycles. The molecule has 0 radical (unpaired) electrons. The summed E-state index contributed by atoms with van der Waals surface area (Å²) < 4.78 is 0. The molecule has 0 aliphatic heterocycles. The van der Waals surface area contributed by atoms with Gasteiger partial charge in [-0.05, 0) is 75.0 Å². The van der Waals surface area contributed by atoms with E-state index in [4.69, 9.17) is 0 Å². The number of nitrogens with one attached hydrogen (secondary N) is 1. The molecule has 4 bridgehead atoms. The van der Waals surface area contributed by atoms with Gasteiger partial charge in [0.05, 0.1) is 0 Å². The maximum Gasteiger partial charge on any atom is 0.205 e. The minimum atomic E-state index is 0.548. The molecule has 110 valence electrons. The van der Waals surface area contributed by atoms with E-state index in [9.17, 15) is 0 Å². The van der Waals surface area contributed by atoms with Gasteiger partial charge in [0.25, 0.3) is 0 Å². The van der Waals surface area contributed by atoms with E-state index in [0.29, 0.717) is 11.5 Å². The zero-order valence-electron chi connectivity index (χ0n) is 12.6. The summed E-state index contributed by atoms with van der Waals surface area (Å²) in [5, 5.41) is 14.4. The van der Waals surface area contributed by atoms with Gasteiger partial charge < -0.3 is 5.32 Å². The Kier molecular flexibility index (Phi) is 3.06. The number of rotatable bonds is 4. The molecule has 1 N–H and O–H groups in total. The molecule has 4 aliphatic rings. The lowest BCUT2D eigenvalue weighted by Gasteiger charge is -2.59. The van der Waals surface area contributed by atoms with Crippen molar-refractivity contribution < 1.29 is 0 Å². The largest absolute Gasteiger partial charge is 0.357 e. The van der Waals surface area contributed by atoms with E-state index in [-0.39, 0.29) is 0 Å². The van der Waals surface area contributed by atoms with Crippen molar-refractivity contribution in [3.8, 4) is 0 Å². The van der Waals surface area contributed by atoms with Crippen LogP contribution in [0.25, 0.3) is 0 Å². The zero-order chi connectivity index (χ0) is 13.7. The second-order valence-corrected chi connectivity index (χ2v) is 8.56. The van der Waals surface area contributed by atoms with Crippen molar-refractivity contribution in [2.75, 3.05) is 5.32 Å². The Balaban J connectivity index is 1.51. The first-order valence-electron chi connectivity index (χ1n) is 8.26. The van der Waals surface area contributed by atoms with Gasteiger partial charge in [0, 0.05) is 6.04 Å². The van der Waals surface area contributed by atoms with E-state index < -0.39 is 0 Å².